The van der Waals surface area contributed by atoms with Crippen LogP contribution in [0.15, 0.2) is 24.3 Å². The molecule has 1 heterocycles. The van der Waals surface area contributed by atoms with Crippen molar-refractivity contribution in [2.75, 3.05) is 24.3 Å². The minimum Gasteiger partial charge on any atom is -0.467 e. The minimum absolute atomic E-state index is 0.295. The summed E-state index contributed by atoms with van der Waals surface area (Å²) < 4.78 is 5.08. The Morgan fingerprint density at radius 1 is 1.05 bits per heavy atom. The van der Waals surface area contributed by atoms with Crippen LogP contribution in [0.4, 0.5) is 11.9 Å². The highest BCUT2D eigenvalue weighted by Crippen LogP contribution is 2.13. The molecule has 1 aromatic carbocycles. The van der Waals surface area contributed by atoms with Crippen molar-refractivity contribution in [3.05, 3.63) is 35.4 Å². The number of nitrogens with one attached hydrogen (secondary N) is 2. The molecule has 0 amide bonds. The maximum absolute atomic E-state index is 5.08. The van der Waals surface area contributed by atoms with Crippen molar-refractivity contribution in [2.24, 2.45) is 0 Å². The number of nitrogens with zero attached hydrogens (tertiary/aromatic N) is 3. The van der Waals surface area contributed by atoms with E-state index in [1.165, 1.54) is 18.2 Å². The molecule has 0 aliphatic heterocycles. The Kier molecular flexibility index (Phi) is 4.70. The summed E-state index contributed by atoms with van der Waals surface area (Å²) in [6, 6.07) is 8.49. The van der Waals surface area contributed by atoms with Crippen molar-refractivity contribution in [1.29, 1.82) is 0 Å². The van der Waals surface area contributed by atoms with Gasteiger partial charge in [0.1, 0.15) is 0 Å². The van der Waals surface area contributed by atoms with Crippen LogP contribution in [0.5, 0.6) is 6.01 Å². The molecule has 106 valence electrons. The summed E-state index contributed by atoms with van der Waals surface area (Å²) in [5.41, 5.74) is 2.44. The Bertz CT molecular complexity index is 573. The third-order valence-corrected chi connectivity index (χ3v) is 2.83. The van der Waals surface area contributed by atoms with Gasteiger partial charge in [0.15, 0.2) is 0 Å². The van der Waals surface area contributed by atoms with E-state index in [1.54, 1.807) is 0 Å². The van der Waals surface area contributed by atoms with Gasteiger partial charge in [-0.2, -0.15) is 15.0 Å². The smallest absolute Gasteiger partial charge is 0.322 e. The fraction of sp³-hybridized carbons (Fsp3) is 0.357. The van der Waals surface area contributed by atoms with Crippen LogP contribution < -0.4 is 15.4 Å². The van der Waals surface area contributed by atoms with Gasteiger partial charge in [-0.1, -0.05) is 24.3 Å². The lowest BCUT2D eigenvalue weighted by molar-refractivity contribution is 0.379. The van der Waals surface area contributed by atoms with Gasteiger partial charge in [-0.15, -0.1) is 0 Å². The highest BCUT2D eigenvalue weighted by atomic mass is 16.5. The van der Waals surface area contributed by atoms with Crippen LogP contribution in [0.25, 0.3) is 0 Å². The summed E-state index contributed by atoms with van der Waals surface area (Å²) in [4.78, 5) is 12.6. The topological polar surface area (TPSA) is 72.0 Å². The maximum Gasteiger partial charge on any atom is 0.322 e. The van der Waals surface area contributed by atoms with Crippen LogP contribution >= 0.6 is 0 Å². The quantitative estimate of drug-likeness (QED) is 0.841. The minimum atomic E-state index is 0.295. The molecule has 2 N–H and O–H groups in total. The van der Waals surface area contributed by atoms with Gasteiger partial charge in [0, 0.05) is 13.1 Å². The third-order valence-electron chi connectivity index (χ3n) is 2.83. The Morgan fingerprint density at radius 3 is 2.40 bits per heavy atom. The Morgan fingerprint density at radius 2 is 1.75 bits per heavy atom. The van der Waals surface area contributed by atoms with E-state index in [9.17, 15) is 0 Å². The van der Waals surface area contributed by atoms with E-state index in [1.807, 2.05) is 19.1 Å². The van der Waals surface area contributed by atoms with Crippen LogP contribution in [0.2, 0.25) is 0 Å². The molecule has 0 saturated heterocycles. The largest absolute Gasteiger partial charge is 0.467 e. The summed E-state index contributed by atoms with van der Waals surface area (Å²) in [6.45, 7) is 5.46. The number of hydrogen-bond acceptors (Lipinski definition) is 6. The molecule has 0 unspecified atom stereocenters. The normalized spacial score (nSPS) is 10.2. The number of benzene rings is 1. The highest BCUT2D eigenvalue weighted by Gasteiger charge is 2.06. The van der Waals surface area contributed by atoms with Gasteiger partial charge in [-0.05, 0) is 25.0 Å². The van der Waals surface area contributed by atoms with E-state index in [-0.39, 0.29) is 0 Å². The first-order chi connectivity index (χ1) is 9.72. The molecule has 0 aliphatic rings. The van der Waals surface area contributed by atoms with Crippen molar-refractivity contribution < 1.29 is 4.74 Å². The highest BCUT2D eigenvalue weighted by molar-refractivity contribution is 5.37. The predicted molar refractivity (Wildman–Crippen MR) is 79.0 cm³/mol. The average molecular weight is 273 g/mol. The van der Waals surface area contributed by atoms with E-state index in [0.29, 0.717) is 24.5 Å². The van der Waals surface area contributed by atoms with Crippen LogP contribution in [-0.4, -0.2) is 28.6 Å². The average Bonchev–Trinajstić information content (AvgIpc) is 2.46. The fourth-order valence-electron chi connectivity index (χ4n) is 1.75. The number of aromatic nitrogens is 3. The molecule has 2 aromatic rings. The molecule has 1 aromatic heterocycles. The molecule has 0 fully saturated rings. The van der Waals surface area contributed by atoms with Crippen molar-refractivity contribution in [1.82, 2.24) is 15.0 Å². The summed E-state index contributed by atoms with van der Waals surface area (Å²) in [5, 5.41) is 6.24. The standard InChI is InChI=1S/C14H19N5O/c1-4-15-12-17-13(19-14(18-12)20-3)16-9-11-8-6-5-7-10(11)2/h5-8H,4,9H2,1-3H3,(H2,15,16,17,18,19). The summed E-state index contributed by atoms with van der Waals surface area (Å²) >= 11 is 0. The van der Waals surface area contributed by atoms with E-state index < -0.39 is 0 Å². The molecule has 6 nitrogen and oxygen atoms in total. The van der Waals surface area contributed by atoms with Gasteiger partial charge < -0.3 is 15.4 Å². The van der Waals surface area contributed by atoms with Gasteiger partial charge >= 0.3 is 6.01 Å². The monoisotopic (exact) mass is 273 g/mol. The first kappa shape index (κ1) is 14.0. The number of anilines is 2. The lowest BCUT2D eigenvalue weighted by Crippen LogP contribution is -2.10. The number of rotatable bonds is 6. The van der Waals surface area contributed by atoms with E-state index in [2.05, 4.69) is 44.6 Å². The van der Waals surface area contributed by atoms with E-state index in [0.717, 1.165) is 6.54 Å². The van der Waals surface area contributed by atoms with Crippen LogP contribution in [-0.2, 0) is 6.54 Å². The van der Waals surface area contributed by atoms with E-state index in [4.69, 9.17) is 4.74 Å². The van der Waals surface area contributed by atoms with Crippen molar-refractivity contribution >= 4 is 11.9 Å². The second-order valence-electron chi connectivity index (χ2n) is 4.28. The second-order valence-corrected chi connectivity index (χ2v) is 4.28. The van der Waals surface area contributed by atoms with Crippen molar-refractivity contribution in [3.8, 4) is 6.01 Å². The Hall–Kier alpha value is -2.37. The molecule has 0 saturated carbocycles. The zero-order chi connectivity index (χ0) is 14.4. The van der Waals surface area contributed by atoms with Gasteiger partial charge in [0.25, 0.3) is 0 Å². The first-order valence-electron chi connectivity index (χ1n) is 6.55. The lowest BCUT2D eigenvalue weighted by Gasteiger charge is -2.10. The summed E-state index contributed by atoms with van der Waals surface area (Å²) in [5.74, 6) is 1.00. The van der Waals surface area contributed by atoms with Crippen molar-refractivity contribution in [2.45, 2.75) is 20.4 Å². The van der Waals surface area contributed by atoms with Gasteiger partial charge in [0.2, 0.25) is 11.9 Å². The summed E-state index contributed by atoms with van der Waals surface area (Å²) in [7, 11) is 1.54. The van der Waals surface area contributed by atoms with Crippen LogP contribution in [0.3, 0.4) is 0 Å². The Balaban J connectivity index is 2.12. The summed E-state index contributed by atoms with van der Waals surface area (Å²) in [6.07, 6.45) is 0. The molecular formula is C14H19N5O. The maximum atomic E-state index is 5.08. The second kappa shape index (κ2) is 6.70. The predicted octanol–water partition coefficient (Wildman–Crippen LogP) is 2.23. The van der Waals surface area contributed by atoms with Gasteiger partial charge in [0.05, 0.1) is 7.11 Å². The number of ether oxygens (including phenoxy) is 1. The number of hydrogen-bond donors (Lipinski definition) is 2. The molecule has 20 heavy (non-hydrogen) atoms. The van der Waals surface area contributed by atoms with Crippen molar-refractivity contribution in [3.63, 3.8) is 0 Å². The Labute approximate surface area is 118 Å². The van der Waals surface area contributed by atoms with Crippen LogP contribution in [0.1, 0.15) is 18.1 Å². The molecule has 0 radical (unpaired) electrons. The zero-order valence-corrected chi connectivity index (χ0v) is 12.0. The van der Waals surface area contributed by atoms with Gasteiger partial charge in [-0.3, -0.25) is 0 Å². The van der Waals surface area contributed by atoms with Gasteiger partial charge in [-0.25, -0.2) is 0 Å². The lowest BCUT2D eigenvalue weighted by atomic mass is 10.1. The molecular weight excluding hydrogens is 254 g/mol. The number of aryl methyl sites for hydroxylation is 1. The van der Waals surface area contributed by atoms with E-state index >= 15 is 0 Å². The third kappa shape index (κ3) is 3.57. The molecule has 0 atom stereocenters. The molecule has 2 rings (SSSR count). The first-order valence-corrected chi connectivity index (χ1v) is 6.55. The molecule has 0 spiro atoms. The molecule has 0 aliphatic carbocycles. The fourth-order valence-corrected chi connectivity index (χ4v) is 1.75. The number of methoxy groups -OCH3 is 1. The molecule has 6 heteroatoms. The SMILES string of the molecule is CCNc1nc(NCc2ccccc2C)nc(OC)n1. The van der Waals surface area contributed by atoms with Crippen LogP contribution in [0, 0.1) is 6.92 Å². The molecule has 0 bridgehead atoms. The zero-order valence-electron chi connectivity index (χ0n) is 12.0.